The molecule has 0 aliphatic carbocycles. The summed E-state index contributed by atoms with van der Waals surface area (Å²) in [4.78, 5) is 25.6. The van der Waals surface area contributed by atoms with Crippen LogP contribution in [-0.4, -0.2) is 60.6 Å². The topological polar surface area (TPSA) is 123 Å². The zero-order valence-electron chi connectivity index (χ0n) is 19.7. The number of hydrogen-bond acceptors (Lipinski definition) is 6. The van der Waals surface area contributed by atoms with Gasteiger partial charge in [0.25, 0.3) is 0 Å². The summed E-state index contributed by atoms with van der Waals surface area (Å²) < 4.78 is 49.9. The van der Waals surface area contributed by atoms with Crippen molar-refractivity contribution in [2.75, 3.05) is 13.7 Å². The third-order valence-electron chi connectivity index (χ3n) is 4.73. The fourth-order valence-corrected chi connectivity index (χ4v) is 2.82. The zero-order chi connectivity index (χ0) is 25.6. The van der Waals surface area contributed by atoms with Gasteiger partial charge in [-0.25, -0.2) is 0 Å². The molecule has 4 unspecified atom stereocenters. The fraction of sp³-hybridized carbons (Fsp3) is 0.636. The summed E-state index contributed by atoms with van der Waals surface area (Å²) >= 11 is 0. The van der Waals surface area contributed by atoms with Crippen molar-refractivity contribution in [2.45, 2.75) is 70.6 Å². The zero-order valence-corrected chi connectivity index (χ0v) is 19.7. The molecule has 0 heterocycles. The highest BCUT2D eigenvalue weighted by Gasteiger charge is 2.45. The Kier molecular flexibility index (Phi) is 10.1. The molecule has 2 amide bonds. The molecule has 5 N–H and O–H groups in total. The van der Waals surface area contributed by atoms with Crippen LogP contribution in [0, 0.1) is 5.92 Å². The van der Waals surface area contributed by atoms with Gasteiger partial charge in [0.1, 0.15) is 17.8 Å². The molecule has 33 heavy (non-hydrogen) atoms. The van der Waals surface area contributed by atoms with E-state index >= 15 is 0 Å². The van der Waals surface area contributed by atoms with Gasteiger partial charge in [0.15, 0.2) is 6.10 Å². The van der Waals surface area contributed by atoms with E-state index in [1.165, 1.54) is 45.2 Å². The van der Waals surface area contributed by atoms with Crippen molar-refractivity contribution in [1.82, 2.24) is 10.6 Å². The van der Waals surface area contributed by atoms with Gasteiger partial charge in [0.2, 0.25) is 11.8 Å². The summed E-state index contributed by atoms with van der Waals surface area (Å²) in [5.41, 5.74) is 5.61. The Balaban J connectivity index is 3.15. The molecule has 0 radical (unpaired) electrons. The van der Waals surface area contributed by atoms with Crippen molar-refractivity contribution in [1.29, 1.82) is 0 Å². The van der Waals surface area contributed by atoms with E-state index in [2.05, 4.69) is 10.6 Å². The lowest BCUT2D eigenvalue weighted by atomic mass is 9.96. The van der Waals surface area contributed by atoms with Crippen LogP contribution in [0.2, 0.25) is 0 Å². The van der Waals surface area contributed by atoms with E-state index in [4.69, 9.17) is 15.2 Å². The van der Waals surface area contributed by atoms with E-state index in [1.807, 2.05) is 0 Å². The van der Waals surface area contributed by atoms with Crippen molar-refractivity contribution in [2.24, 2.45) is 11.7 Å². The van der Waals surface area contributed by atoms with Gasteiger partial charge in [-0.2, -0.15) is 13.2 Å². The molecule has 0 saturated heterocycles. The van der Waals surface area contributed by atoms with E-state index < -0.39 is 53.7 Å². The Morgan fingerprint density at radius 1 is 1.06 bits per heavy atom. The molecule has 0 bridgehead atoms. The Morgan fingerprint density at radius 2 is 1.61 bits per heavy atom. The normalized spacial score (nSPS) is 16.0. The first-order valence-corrected chi connectivity index (χ1v) is 10.5. The highest BCUT2D eigenvalue weighted by molar-refractivity contribution is 5.90. The van der Waals surface area contributed by atoms with E-state index in [0.29, 0.717) is 5.75 Å². The van der Waals surface area contributed by atoms with Gasteiger partial charge >= 0.3 is 6.18 Å². The van der Waals surface area contributed by atoms with Crippen LogP contribution in [0.15, 0.2) is 24.3 Å². The summed E-state index contributed by atoms with van der Waals surface area (Å²) in [5.74, 6) is -1.93. The predicted octanol–water partition coefficient (Wildman–Crippen LogP) is 2.06. The molecule has 1 aromatic rings. The summed E-state index contributed by atoms with van der Waals surface area (Å²) in [6, 6.07) is 1.93. The molecular formula is C22H34F3N3O5. The lowest BCUT2D eigenvalue weighted by Crippen LogP contribution is -2.56. The highest BCUT2D eigenvalue weighted by atomic mass is 19.4. The molecule has 0 aliphatic heterocycles. The van der Waals surface area contributed by atoms with Crippen molar-refractivity contribution >= 4 is 11.8 Å². The number of carbonyl (C=O) groups excluding carboxylic acids is 2. The number of alkyl halides is 3. The second-order valence-corrected chi connectivity index (χ2v) is 9.01. The molecule has 188 valence electrons. The Bertz CT molecular complexity index is 779. The van der Waals surface area contributed by atoms with Crippen LogP contribution in [0.5, 0.6) is 5.75 Å². The largest absolute Gasteiger partial charge is 0.497 e. The summed E-state index contributed by atoms with van der Waals surface area (Å²) in [5, 5.41) is 14.4. The molecule has 0 saturated carbocycles. The van der Waals surface area contributed by atoms with Gasteiger partial charge < -0.3 is 30.9 Å². The van der Waals surface area contributed by atoms with Crippen LogP contribution in [0.3, 0.4) is 0 Å². The maximum absolute atomic E-state index is 13.1. The number of methoxy groups -OCH3 is 1. The number of benzene rings is 1. The second kappa shape index (κ2) is 11.7. The molecule has 0 aromatic heterocycles. The molecule has 4 atom stereocenters. The summed E-state index contributed by atoms with van der Waals surface area (Å²) in [7, 11) is 1.45. The maximum Gasteiger partial charge on any atom is 0.416 e. The summed E-state index contributed by atoms with van der Waals surface area (Å²) in [6.45, 7) is 8.07. The predicted molar refractivity (Wildman–Crippen MR) is 116 cm³/mol. The Hall–Kier alpha value is -2.37. The van der Waals surface area contributed by atoms with Gasteiger partial charge in [-0.05, 0) is 44.4 Å². The fourth-order valence-electron chi connectivity index (χ4n) is 2.82. The molecule has 1 rings (SSSR count). The van der Waals surface area contributed by atoms with Gasteiger partial charge in [0, 0.05) is 0 Å². The third kappa shape index (κ3) is 9.18. The molecule has 0 fully saturated rings. The van der Waals surface area contributed by atoms with Crippen molar-refractivity contribution in [3.63, 3.8) is 0 Å². The number of halogens is 3. The number of aliphatic hydroxyl groups excluding tert-OH is 1. The molecule has 1 aromatic carbocycles. The van der Waals surface area contributed by atoms with Gasteiger partial charge in [-0.15, -0.1) is 0 Å². The number of nitrogens with one attached hydrogen (secondary N) is 2. The smallest absolute Gasteiger partial charge is 0.416 e. The molecule has 8 nitrogen and oxygen atoms in total. The van der Waals surface area contributed by atoms with Crippen molar-refractivity contribution in [3.05, 3.63) is 29.8 Å². The van der Waals surface area contributed by atoms with E-state index in [9.17, 15) is 27.9 Å². The van der Waals surface area contributed by atoms with Gasteiger partial charge in [-0.1, -0.05) is 26.0 Å². The Morgan fingerprint density at radius 3 is 2.03 bits per heavy atom. The number of carbonyl (C=O) groups is 2. The van der Waals surface area contributed by atoms with Crippen LogP contribution in [0.25, 0.3) is 0 Å². The number of nitrogens with two attached hydrogens (primary N) is 1. The van der Waals surface area contributed by atoms with Gasteiger partial charge in [-0.3, -0.25) is 9.59 Å². The van der Waals surface area contributed by atoms with Crippen LogP contribution in [0.1, 0.15) is 46.2 Å². The standard InChI is InChI=1S/C22H34F3N3O5/c1-12(2)16(18(29)22(23,24)25)27-20(31)17(13-7-9-14(32-6)10-8-13)28-19(30)15(26)11-33-21(3,4)5/h7-10,12,15-18,29H,11,26H2,1-6H3,(H,27,31)(H,28,30). The average molecular weight is 478 g/mol. The molecule has 0 spiro atoms. The molecule has 0 aliphatic rings. The lowest BCUT2D eigenvalue weighted by molar-refractivity contribution is -0.215. The van der Waals surface area contributed by atoms with Crippen molar-refractivity contribution in [3.8, 4) is 5.75 Å². The quantitative estimate of drug-likeness (QED) is 0.409. The van der Waals surface area contributed by atoms with Crippen LogP contribution in [0.4, 0.5) is 13.2 Å². The van der Waals surface area contributed by atoms with Gasteiger partial charge in [0.05, 0.1) is 25.4 Å². The monoisotopic (exact) mass is 477 g/mol. The molecule has 11 heteroatoms. The minimum atomic E-state index is -4.94. The minimum absolute atomic E-state index is 0.131. The number of hydrogen-bond donors (Lipinski definition) is 4. The van der Waals surface area contributed by atoms with E-state index in [1.54, 1.807) is 20.8 Å². The van der Waals surface area contributed by atoms with E-state index in [0.717, 1.165) is 0 Å². The lowest BCUT2D eigenvalue weighted by Gasteiger charge is -2.31. The number of aliphatic hydroxyl groups is 1. The maximum atomic E-state index is 13.1. The first kappa shape index (κ1) is 28.7. The SMILES string of the molecule is COc1ccc(C(NC(=O)C(N)COC(C)(C)C)C(=O)NC(C(C)C)C(O)C(F)(F)F)cc1. The highest BCUT2D eigenvalue weighted by Crippen LogP contribution is 2.26. The van der Waals surface area contributed by atoms with E-state index in [-0.39, 0.29) is 12.2 Å². The first-order chi connectivity index (χ1) is 15.1. The Labute approximate surface area is 192 Å². The summed E-state index contributed by atoms with van der Waals surface area (Å²) in [6.07, 6.45) is -7.72. The average Bonchev–Trinajstić information content (AvgIpc) is 2.71. The number of amides is 2. The number of rotatable bonds is 10. The second-order valence-electron chi connectivity index (χ2n) is 9.01. The van der Waals surface area contributed by atoms with Crippen LogP contribution in [-0.2, 0) is 14.3 Å². The third-order valence-corrected chi connectivity index (χ3v) is 4.73. The number of ether oxygens (including phenoxy) is 2. The molecular weight excluding hydrogens is 443 g/mol. The first-order valence-electron chi connectivity index (χ1n) is 10.5. The van der Waals surface area contributed by atoms with Crippen molar-refractivity contribution < 1.29 is 37.3 Å². The minimum Gasteiger partial charge on any atom is -0.497 e. The van der Waals surface area contributed by atoms with Crippen LogP contribution < -0.4 is 21.1 Å². The van der Waals surface area contributed by atoms with Crippen LogP contribution >= 0.6 is 0 Å².